The fourth-order valence-electron chi connectivity index (χ4n) is 3.10. The number of amides is 1. The van der Waals surface area contributed by atoms with Crippen LogP contribution in [0.15, 0.2) is 90.1 Å². The lowest BCUT2D eigenvalue weighted by Crippen LogP contribution is -2.12. The first kappa shape index (κ1) is 19.5. The third kappa shape index (κ3) is 4.59. The van der Waals surface area contributed by atoms with E-state index in [-0.39, 0.29) is 5.91 Å². The minimum absolute atomic E-state index is 0.270. The predicted molar refractivity (Wildman–Crippen MR) is 124 cm³/mol. The molecule has 0 aliphatic heterocycles. The van der Waals surface area contributed by atoms with E-state index in [0.29, 0.717) is 22.2 Å². The van der Waals surface area contributed by atoms with Crippen LogP contribution in [-0.4, -0.2) is 16.7 Å². The van der Waals surface area contributed by atoms with E-state index in [4.69, 9.17) is 17.3 Å². The van der Waals surface area contributed by atoms with Gasteiger partial charge in [-0.25, -0.2) is 4.99 Å². The zero-order valence-electron chi connectivity index (χ0n) is 16.0. The lowest BCUT2D eigenvalue weighted by Gasteiger charge is -2.06. The largest absolute Gasteiger partial charge is 0.383 e. The van der Waals surface area contributed by atoms with Gasteiger partial charge in [0.1, 0.15) is 5.84 Å². The number of hydrogen-bond donors (Lipinski definition) is 3. The Labute approximate surface area is 178 Å². The van der Waals surface area contributed by atoms with Crippen LogP contribution in [0.1, 0.15) is 11.1 Å². The van der Waals surface area contributed by atoms with Crippen molar-refractivity contribution < 1.29 is 4.79 Å². The molecule has 0 radical (unpaired) electrons. The number of anilines is 1. The smallest absolute Gasteiger partial charge is 0.248 e. The van der Waals surface area contributed by atoms with Gasteiger partial charge in [-0.2, -0.15) is 0 Å². The fourth-order valence-corrected chi connectivity index (χ4v) is 3.33. The highest BCUT2D eigenvalue weighted by atomic mass is 35.5. The van der Waals surface area contributed by atoms with Crippen molar-refractivity contribution in [1.29, 1.82) is 0 Å². The average molecular weight is 415 g/mol. The molecule has 0 saturated heterocycles. The van der Waals surface area contributed by atoms with Gasteiger partial charge in [-0.1, -0.05) is 60.1 Å². The summed E-state index contributed by atoms with van der Waals surface area (Å²) in [5.41, 5.74) is 9.94. The highest BCUT2D eigenvalue weighted by Gasteiger charge is 2.05. The molecule has 4 rings (SSSR count). The SMILES string of the molecule is NC(=Nc1cc(Cl)cc(NC(=O)C=Cc2c[nH]c3ccccc23)c1)c1ccccc1. The van der Waals surface area contributed by atoms with E-state index >= 15 is 0 Å². The molecule has 148 valence electrons. The maximum atomic E-state index is 12.4. The summed E-state index contributed by atoms with van der Waals surface area (Å²) in [4.78, 5) is 20.0. The summed E-state index contributed by atoms with van der Waals surface area (Å²) in [6, 6.07) is 22.4. The molecule has 30 heavy (non-hydrogen) atoms. The van der Waals surface area contributed by atoms with Crippen LogP contribution >= 0.6 is 11.6 Å². The maximum absolute atomic E-state index is 12.4. The molecule has 4 N–H and O–H groups in total. The number of carbonyl (C=O) groups excluding carboxylic acids is 1. The second-order valence-corrected chi connectivity index (χ2v) is 7.11. The van der Waals surface area contributed by atoms with Gasteiger partial charge < -0.3 is 16.0 Å². The van der Waals surface area contributed by atoms with E-state index in [9.17, 15) is 4.79 Å². The molecule has 0 aliphatic rings. The number of carbonyl (C=O) groups is 1. The molecule has 1 heterocycles. The van der Waals surface area contributed by atoms with Crippen LogP contribution in [0.5, 0.6) is 0 Å². The minimum Gasteiger partial charge on any atom is -0.383 e. The van der Waals surface area contributed by atoms with Crippen molar-refractivity contribution in [3.63, 3.8) is 0 Å². The number of nitrogens with one attached hydrogen (secondary N) is 2. The molecule has 0 unspecified atom stereocenters. The summed E-state index contributed by atoms with van der Waals surface area (Å²) in [6.45, 7) is 0. The van der Waals surface area contributed by atoms with Crippen LogP contribution in [0.25, 0.3) is 17.0 Å². The number of hydrogen-bond acceptors (Lipinski definition) is 2. The monoisotopic (exact) mass is 414 g/mol. The lowest BCUT2D eigenvalue weighted by molar-refractivity contribution is -0.111. The highest BCUT2D eigenvalue weighted by molar-refractivity contribution is 6.31. The van der Waals surface area contributed by atoms with E-state index in [1.807, 2.05) is 60.8 Å². The Hall–Kier alpha value is -3.83. The lowest BCUT2D eigenvalue weighted by atomic mass is 10.1. The van der Waals surface area contributed by atoms with Crippen molar-refractivity contribution in [3.05, 3.63) is 101 Å². The highest BCUT2D eigenvalue weighted by Crippen LogP contribution is 2.25. The molecule has 0 aliphatic carbocycles. The topological polar surface area (TPSA) is 83.3 Å². The van der Waals surface area contributed by atoms with Crippen molar-refractivity contribution in [2.75, 3.05) is 5.32 Å². The summed E-state index contributed by atoms with van der Waals surface area (Å²) < 4.78 is 0. The summed E-state index contributed by atoms with van der Waals surface area (Å²) in [6.07, 6.45) is 5.12. The van der Waals surface area contributed by atoms with Crippen molar-refractivity contribution in [2.24, 2.45) is 10.7 Å². The Balaban J connectivity index is 1.51. The van der Waals surface area contributed by atoms with Gasteiger partial charge in [0.05, 0.1) is 5.69 Å². The number of aromatic amines is 1. The van der Waals surface area contributed by atoms with Gasteiger partial charge in [-0.05, 0) is 35.9 Å². The molecule has 0 atom stereocenters. The molecular weight excluding hydrogens is 396 g/mol. The first-order valence-corrected chi connectivity index (χ1v) is 9.72. The number of nitrogens with two attached hydrogens (primary N) is 1. The van der Waals surface area contributed by atoms with Gasteiger partial charge in [-0.15, -0.1) is 0 Å². The molecule has 4 aromatic rings. The average Bonchev–Trinajstić information content (AvgIpc) is 3.15. The van der Waals surface area contributed by atoms with Gasteiger partial charge in [0.25, 0.3) is 0 Å². The zero-order chi connectivity index (χ0) is 20.9. The Bertz CT molecular complexity index is 1260. The normalized spacial score (nSPS) is 11.8. The first-order valence-electron chi connectivity index (χ1n) is 9.34. The van der Waals surface area contributed by atoms with Gasteiger partial charge in [-0.3, -0.25) is 4.79 Å². The van der Waals surface area contributed by atoms with Crippen molar-refractivity contribution in [2.45, 2.75) is 0 Å². The number of benzene rings is 3. The van der Waals surface area contributed by atoms with Gasteiger partial charge in [0, 0.05) is 39.4 Å². The Morgan fingerprint density at radius 3 is 2.63 bits per heavy atom. The van der Waals surface area contributed by atoms with Crippen molar-refractivity contribution in [3.8, 4) is 0 Å². The van der Waals surface area contributed by atoms with Crippen LogP contribution in [-0.2, 0) is 4.79 Å². The molecule has 1 aromatic heterocycles. The summed E-state index contributed by atoms with van der Waals surface area (Å²) in [5, 5.41) is 4.32. The Morgan fingerprint density at radius 2 is 1.80 bits per heavy atom. The number of aliphatic imine (C=N–C) groups is 1. The van der Waals surface area contributed by atoms with E-state index in [2.05, 4.69) is 15.3 Å². The van der Waals surface area contributed by atoms with Crippen LogP contribution in [0.3, 0.4) is 0 Å². The molecule has 0 saturated carbocycles. The van der Waals surface area contributed by atoms with Crippen molar-refractivity contribution in [1.82, 2.24) is 4.98 Å². The number of nitrogens with zero attached hydrogens (tertiary/aromatic N) is 1. The van der Waals surface area contributed by atoms with Crippen LogP contribution < -0.4 is 11.1 Å². The van der Waals surface area contributed by atoms with Crippen molar-refractivity contribution >= 4 is 51.7 Å². The molecule has 6 heteroatoms. The Kier molecular flexibility index (Phi) is 5.63. The molecule has 0 bridgehead atoms. The third-order valence-electron chi connectivity index (χ3n) is 4.50. The number of fused-ring (bicyclic) bond motifs is 1. The predicted octanol–water partition coefficient (Wildman–Crippen LogP) is 5.51. The molecule has 0 fully saturated rings. The maximum Gasteiger partial charge on any atom is 0.248 e. The van der Waals surface area contributed by atoms with Gasteiger partial charge in [0.15, 0.2) is 0 Å². The first-order chi connectivity index (χ1) is 14.6. The molecular formula is C24H19ClN4O. The van der Waals surface area contributed by atoms with E-state index in [0.717, 1.165) is 22.0 Å². The summed E-state index contributed by atoms with van der Waals surface area (Å²) in [5.74, 6) is 0.0999. The van der Waals surface area contributed by atoms with Crippen LogP contribution in [0.4, 0.5) is 11.4 Å². The number of H-pyrrole nitrogens is 1. The molecule has 0 spiro atoms. The van der Waals surface area contributed by atoms with E-state index in [1.54, 1.807) is 24.3 Å². The van der Waals surface area contributed by atoms with Crippen LogP contribution in [0.2, 0.25) is 5.02 Å². The molecule has 5 nitrogen and oxygen atoms in total. The van der Waals surface area contributed by atoms with Gasteiger partial charge >= 0.3 is 0 Å². The standard InChI is InChI=1S/C24H19ClN4O/c25-18-12-19(14-20(13-18)29-24(26)16-6-2-1-3-7-16)28-23(30)11-10-17-15-27-22-9-5-4-8-21(17)22/h1-15,27H,(H2,26,29)(H,28,30). The number of rotatable bonds is 5. The molecule has 1 amide bonds. The quantitative estimate of drug-likeness (QED) is 0.228. The number of amidine groups is 1. The second-order valence-electron chi connectivity index (χ2n) is 6.67. The zero-order valence-corrected chi connectivity index (χ0v) is 16.7. The molecule has 3 aromatic carbocycles. The minimum atomic E-state index is -0.270. The fraction of sp³-hybridized carbons (Fsp3) is 0. The van der Waals surface area contributed by atoms with E-state index < -0.39 is 0 Å². The number of aromatic nitrogens is 1. The van der Waals surface area contributed by atoms with E-state index in [1.165, 1.54) is 6.08 Å². The summed E-state index contributed by atoms with van der Waals surface area (Å²) >= 11 is 6.20. The Morgan fingerprint density at radius 1 is 1.03 bits per heavy atom. The summed E-state index contributed by atoms with van der Waals surface area (Å²) in [7, 11) is 0. The number of halogens is 1. The van der Waals surface area contributed by atoms with Crippen LogP contribution in [0, 0.1) is 0 Å². The third-order valence-corrected chi connectivity index (χ3v) is 4.72. The second kappa shape index (κ2) is 8.68. The van der Waals surface area contributed by atoms with Gasteiger partial charge in [0.2, 0.25) is 5.91 Å². The number of para-hydroxylation sites is 1.